The predicted octanol–water partition coefficient (Wildman–Crippen LogP) is 1.72. The van der Waals surface area contributed by atoms with E-state index in [1.165, 1.54) is 21.7 Å². The molecule has 1 amide bonds. The summed E-state index contributed by atoms with van der Waals surface area (Å²) in [5.74, 6) is 0.438. The number of carbonyl (C=O) groups excluding carboxylic acids is 1. The summed E-state index contributed by atoms with van der Waals surface area (Å²) in [5, 5.41) is 2.98. The lowest BCUT2D eigenvalue weighted by molar-refractivity contribution is -0.121. The van der Waals surface area contributed by atoms with Crippen molar-refractivity contribution in [3.8, 4) is 0 Å². The molecule has 0 aromatic heterocycles. The second-order valence-electron chi connectivity index (χ2n) is 6.40. The van der Waals surface area contributed by atoms with Crippen LogP contribution in [0.15, 0.2) is 24.3 Å². The Morgan fingerprint density at radius 2 is 2.00 bits per heavy atom. The van der Waals surface area contributed by atoms with Gasteiger partial charge >= 0.3 is 0 Å². The molecule has 1 aromatic carbocycles. The predicted molar refractivity (Wildman–Crippen MR) is 91.7 cm³/mol. The van der Waals surface area contributed by atoms with Gasteiger partial charge in [0.15, 0.2) is 0 Å². The van der Waals surface area contributed by atoms with Crippen LogP contribution in [0.3, 0.4) is 0 Å². The molecule has 0 unspecified atom stereocenters. The zero-order chi connectivity index (χ0) is 16.9. The van der Waals surface area contributed by atoms with Gasteiger partial charge in [-0.3, -0.25) is 4.79 Å². The molecule has 1 N–H and O–H groups in total. The summed E-state index contributed by atoms with van der Waals surface area (Å²) in [5.41, 5.74) is 2.39. The van der Waals surface area contributed by atoms with E-state index < -0.39 is 10.0 Å². The monoisotopic (exact) mass is 338 g/mol. The van der Waals surface area contributed by atoms with Gasteiger partial charge < -0.3 is 5.32 Å². The second kappa shape index (κ2) is 7.93. The highest BCUT2D eigenvalue weighted by molar-refractivity contribution is 7.88. The number of amides is 1. The fraction of sp³-hybridized carbons (Fsp3) is 0.588. The lowest BCUT2D eigenvalue weighted by atomic mass is 9.98. The zero-order valence-corrected chi connectivity index (χ0v) is 14.7. The first kappa shape index (κ1) is 17.9. The molecule has 1 aliphatic heterocycles. The van der Waals surface area contributed by atoms with E-state index in [1.54, 1.807) is 0 Å². The number of nitrogens with one attached hydrogen (secondary N) is 1. The minimum atomic E-state index is -3.08. The highest BCUT2D eigenvalue weighted by Gasteiger charge is 2.24. The first-order valence-corrected chi connectivity index (χ1v) is 9.97. The standard InChI is InChI=1S/C17H26N2O3S/c1-14-4-3-5-15(12-14)6-7-17(20)18-13-16-8-10-19(11-9-16)23(2,21)22/h3-5,12,16H,6-11,13H2,1-2H3,(H,18,20). The van der Waals surface area contributed by atoms with Crippen LogP contribution < -0.4 is 5.32 Å². The molecule has 6 heteroatoms. The van der Waals surface area contributed by atoms with Gasteiger partial charge in [-0.25, -0.2) is 12.7 Å². The molecular weight excluding hydrogens is 312 g/mol. The lowest BCUT2D eigenvalue weighted by Crippen LogP contribution is -2.41. The number of benzene rings is 1. The normalized spacial score (nSPS) is 17.1. The third-order valence-corrected chi connectivity index (χ3v) is 5.66. The van der Waals surface area contributed by atoms with E-state index in [4.69, 9.17) is 0 Å². The van der Waals surface area contributed by atoms with E-state index in [-0.39, 0.29) is 5.91 Å². The van der Waals surface area contributed by atoms with E-state index >= 15 is 0 Å². The summed E-state index contributed by atoms with van der Waals surface area (Å²) >= 11 is 0. The topological polar surface area (TPSA) is 66.5 Å². The first-order chi connectivity index (χ1) is 10.8. The van der Waals surface area contributed by atoms with Crippen molar-refractivity contribution in [1.29, 1.82) is 0 Å². The van der Waals surface area contributed by atoms with Crippen LogP contribution >= 0.6 is 0 Å². The third kappa shape index (κ3) is 5.95. The number of piperidine rings is 1. The van der Waals surface area contributed by atoms with Gasteiger partial charge in [-0.2, -0.15) is 0 Å². The maximum absolute atomic E-state index is 12.0. The van der Waals surface area contributed by atoms with Crippen molar-refractivity contribution in [3.05, 3.63) is 35.4 Å². The van der Waals surface area contributed by atoms with Crippen molar-refractivity contribution in [1.82, 2.24) is 9.62 Å². The van der Waals surface area contributed by atoms with Gasteiger partial charge in [-0.05, 0) is 37.7 Å². The molecule has 128 valence electrons. The summed E-state index contributed by atoms with van der Waals surface area (Å²) in [4.78, 5) is 12.0. The Bertz CT molecular complexity index is 635. The van der Waals surface area contributed by atoms with E-state index in [0.717, 1.165) is 19.3 Å². The summed E-state index contributed by atoms with van der Waals surface area (Å²) in [7, 11) is -3.08. The number of hydrogen-bond acceptors (Lipinski definition) is 3. The summed E-state index contributed by atoms with van der Waals surface area (Å²) < 4.78 is 24.4. The molecule has 0 saturated carbocycles. The van der Waals surface area contributed by atoms with Crippen molar-refractivity contribution in [2.24, 2.45) is 5.92 Å². The minimum absolute atomic E-state index is 0.0667. The highest BCUT2D eigenvalue weighted by Crippen LogP contribution is 2.18. The number of nitrogens with zero attached hydrogens (tertiary/aromatic N) is 1. The molecule has 23 heavy (non-hydrogen) atoms. The van der Waals surface area contributed by atoms with Gasteiger partial charge in [0.05, 0.1) is 6.26 Å². The second-order valence-corrected chi connectivity index (χ2v) is 8.38. The number of carbonyl (C=O) groups is 1. The average molecular weight is 338 g/mol. The Morgan fingerprint density at radius 1 is 1.30 bits per heavy atom. The van der Waals surface area contributed by atoms with Crippen LogP contribution in [-0.2, 0) is 21.2 Å². The maximum Gasteiger partial charge on any atom is 0.220 e. The van der Waals surface area contributed by atoms with Crippen LogP contribution in [0.5, 0.6) is 0 Å². The van der Waals surface area contributed by atoms with Gasteiger partial charge in [-0.15, -0.1) is 0 Å². The minimum Gasteiger partial charge on any atom is -0.356 e. The molecule has 1 fully saturated rings. The van der Waals surface area contributed by atoms with E-state index in [9.17, 15) is 13.2 Å². The number of hydrogen-bond donors (Lipinski definition) is 1. The molecule has 5 nitrogen and oxygen atoms in total. The van der Waals surface area contributed by atoms with Crippen LogP contribution in [-0.4, -0.2) is 44.5 Å². The van der Waals surface area contributed by atoms with Gasteiger partial charge in [0.1, 0.15) is 0 Å². The Labute approximate surface area is 139 Å². The average Bonchev–Trinajstić information content (AvgIpc) is 2.50. The highest BCUT2D eigenvalue weighted by atomic mass is 32.2. The maximum atomic E-state index is 12.0. The molecule has 1 heterocycles. The van der Waals surface area contributed by atoms with Crippen molar-refractivity contribution in [2.45, 2.75) is 32.6 Å². The smallest absolute Gasteiger partial charge is 0.220 e. The molecule has 2 rings (SSSR count). The van der Waals surface area contributed by atoms with Crippen molar-refractivity contribution >= 4 is 15.9 Å². The van der Waals surface area contributed by atoms with Crippen molar-refractivity contribution in [3.63, 3.8) is 0 Å². The molecule has 0 atom stereocenters. The molecule has 0 radical (unpaired) electrons. The largest absolute Gasteiger partial charge is 0.356 e. The van der Waals surface area contributed by atoms with E-state index in [0.29, 0.717) is 32.0 Å². The van der Waals surface area contributed by atoms with Crippen LogP contribution in [0.25, 0.3) is 0 Å². The van der Waals surface area contributed by atoms with Crippen LogP contribution in [0.2, 0.25) is 0 Å². The third-order valence-electron chi connectivity index (χ3n) is 4.35. The van der Waals surface area contributed by atoms with E-state index in [2.05, 4.69) is 11.4 Å². The summed E-state index contributed by atoms with van der Waals surface area (Å²) in [6, 6.07) is 8.21. The molecule has 0 aliphatic carbocycles. The number of sulfonamides is 1. The molecule has 0 spiro atoms. The van der Waals surface area contributed by atoms with Gasteiger partial charge in [0.25, 0.3) is 0 Å². The Morgan fingerprint density at radius 3 is 2.61 bits per heavy atom. The van der Waals surface area contributed by atoms with Gasteiger partial charge in [0, 0.05) is 26.1 Å². The van der Waals surface area contributed by atoms with Crippen LogP contribution in [0.1, 0.15) is 30.4 Å². The van der Waals surface area contributed by atoms with Crippen molar-refractivity contribution in [2.75, 3.05) is 25.9 Å². The molecular formula is C17H26N2O3S. The summed E-state index contributed by atoms with van der Waals surface area (Å²) in [6.45, 7) is 3.81. The molecule has 1 saturated heterocycles. The number of rotatable bonds is 6. The van der Waals surface area contributed by atoms with E-state index in [1.807, 2.05) is 25.1 Å². The van der Waals surface area contributed by atoms with Crippen LogP contribution in [0.4, 0.5) is 0 Å². The fourth-order valence-corrected chi connectivity index (χ4v) is 3.79. The Kier molecular flexibility index (Phi) is 6.18. The summed E-state index contributed by atoms with van der Waals surface area (Å²) in [6.07, 6.45) is 4.11. The SMILES string of the molecule is Cc1cccc(CCC(=O)NCC2CCN(S(C)(=O)=O)CC2)c1. The number of aryl methyl sites for hydroxylation is 2. The molecule has 1 aromatic rings. The van der Waals surface area contributed by atoms with Gasteiger partial charge in [0.2, 0.25) is 15.9 Å². The zero-order valence-electron chi connectivity index (χ0n) is 13.9. The quantitative estimate of drug-likeness (QED) is 0.859. The molecule has 0 bridgehead atoms. The first-order valence-electron chi connectivity index (χ1n) is 8.12. The van der Waals surface area contributed by atoms with Gasteiger partial charge in [-0.1, -0.05) is 29.8 Å². The molecule has 1 aliphatic rings. The Balaban J connectivity index is 1.67. The fourth-order valence-electron chi connectivity index (χ4n) is 2.92. The lowest BCUT2D eigenvalue weighted by Gasteiger charge is -2.30. The Hall–Kier alpha value is -1.40. The van der Waals surface area contributed by atoms with Crippen LogP contribution in [0, 0.1) is 12.8 Å². The van der Waals surface area contributed by atoms with Crippen molar-refractivity contribution < 1.29 is 13.2 Å².